The van der Waals surface area contributed by atoms with Crippen molar-refractivity contribution in [3.05, 3.63) is 63.1 Å². The van der Waals surface area contributed by atoms with E-state index >= 15 is 0 Å². The van der Waals surface area contributed by atoms with Gasteiger partial charge in [-0.05, 0) is 59.3 Å². The van der Waals surface area contributed by atoms with Gasteiger partial charge in [0.25, 0.3) is 0 Å². The molecule has 0 aliphatic carbocycles. The Kier molecular flexibility index (Phi) is 3.89. The van der Waals surface area contributed by atoms with E-state index in [2.05, 4.69) is 70.7 Å². The van der Waals surface area contributed by atoms with Crippen molar-refractivity contribution in [2.75, 3.05) is 5.32 Å². The molecule has 3 aromatic rings. The normalized spacial score (nSPS) is 11.0. The van der Waals surface area contributed by atoms with Crippen LogP contribution >= 0.6 is 22.6 Å². The molecule has 0 amide bonds. The summed E-state index contributed by atoms with van der Waals surface area (Å²) in [6, 6.07) is 13.2. The standard InChI is InChI=1S/C17H16FIN2/c1-11-13-5-3-4-6-16(13)21(2)17(11)10-20-15-8-7-12(18)9-14(15)19/h3-9,20H,10H2,1-2H3. The van der Waals surface area contributed by atoms with Crippen LogP contribution in [0, 0.1) is 16.3 Å². The molecular weight excluding hydrogens is 378 g/mol. The van der Waals surface area contributed by atoms with Crippen LogP contribution in [0.2, 0.25) is 0 Å². The molecule has 0 aliphatic rings. The summed E-state index contributed by atoms with van der Waals surface area (Å²) in [5.41, 5.74) is 4.73. The van der Waals surface area contributed by atoms with Crippen LogP contribution in [-0.4, -0.2) is 4.57 Å². The lowest BCUT2D eigenvalue weighted by molar-refractivity contribution is 0.627. The Morgan fingerprint density at radius 2 is 1.95 bits per heavy atom. The Bertz CT molecular complexity index is 769. The predicted molar refractivity (Wildman–Crippen MR) is 94.1 cm³/mol. The van der Waals surface area contributed by atoms with Gasteiger partial charge < -0.3 is 9.88 Å². The highest BCUT2D eigenvalue weighted by atomic mass is 127. The van der Waals surface area contributed by atoms with Gasteiger partial charge in [0.2, 0.25) is 0 Å². The van der Waals surface area contributed by atoms with E-state index in [1.165, 1.54) is 34.3 Å². The monoisotopic (exact) mass is 394 g/mol. The smallest absolute Gasteiger partial charge is 0.124 e. The molecule has 2 nitrogen and oxygen atoms in total. The molecule has 0 fully saturated rings. The second kappa shape index (κ2) is 5.67. The second-order valence-corrected chi connectivity index (χ2v) is 6.29. The van der Waals surface area contributed by atoms with Crippen LogP contribution in [0.5, 0.6) is 0 Å². The zero-order valence-electron chi connectivity index (χ0n) is 12.0. The zero-order valence-corrected chi connectivity index (χ0v) is 14.1. The molecule has 21 heavy (non-hydrogen) atoms. The largest absolute Gasteiger partial charge is 0.379 e. The molecule has 0 atom stereocenters. The molecule has 0 saturated carbocycles. The first-order chi connectivity index (χ1) is 10.1. The predicted octanol–water partition coefficient (Wildman–Crippen LogP) is 4.84. The number of aryl methyl sites for hydroxylation is 2. The van der Waals surface area contributed by atoms with E-state index in [0.717, 1.165) is 15.8 Å². The molecule has 4 heteroatoms. The summed E-state index contributed by atoms with van der Waals surface area (Å²) in [5, 5.41) is 4.69. The van der Waals surface area contributed by atoms with E-state index in [-0.39, 0.29) is 5.82 Å². The highest BCUT2D eigenvalue weighted by molar-refractivity contribution is 14.1. The Morgan fingerprint density at radius 3 is 2.67 bits per heavy atom. The number of para-hydroxylation sites is 1. The van der Waals surface area contributed by atoms with E-state index in [1.54, 1.807) is 6.07 Å². The first-order valence-corrected chi connectivity index (χ1v) is 7.87. The van der Waals surface area contributed by atoms with E-state index < -0.39 is 0 Å². The summed E-state index contributed by atoms with van der Waals surface area (Å²) in [6.45, 7) is 2.87. The quantitative estimate of drug-likeness (QED) is 0.629. The van der Waals surface area contributed by atoms with E-state index in [4.69, 9.17) is 0 Å². The Morgan fingerprint density at radius 1 is 1.19 bits per heavy atom. The van der Waals surface area contributed by atoms with Gasteiger partial charge in [0.05, 0.1) is 6.54 Å². The van der Waals surface area contributed by atoms with Crippen molar-refractivity contribution in [3.8, 4) is 0 Å². The molecule has 0 spiro atoms. The van der Waals surface area contributed by atoms with Crippen molar-refractivity contribution in [1.29, 1.82) is 0 Å². The molecular formula is C17H16FIN2. The minimum atomic E-state index is -0.203. The van der Waals surface area contributed by atoms with Gasteiger partial charge in [-0.3, -0.25) is 0 Å². The molecule has 0 unspecified atom stereocenters. The zero-order chi connectivity index (χ0) is 15.0. The fourth-order valence-electron chi connectivity index (χ4n) is 2.70. The number of anilines is 1. The molecule has 0 saturated heterocycles. The number of hydrogen-bond acceptors (Lipinski definition) is 1. The van der Waals surface area contributed by atoms with Crippen LogP contribution < -0.4 is 5.32 Å². The van der Waals surface area contributed by atoms with E-state index in [1.807, 2.05) is 0 Å². The Hall–Kier alpha value is -1.56. The van der Waals surface area contributed by atoms with Gasteiger partial charge in [0.15, 0.2) is 0 Å². The number of hydrogen-bond donors (Lipinski definition) is 1. The maximum Gasteiger partial charge on any atom is 0.124 e. The molecule has 0 bridgehead atoms. The number of fused-ring (bicyclic) bond motifs is 1. The summed E-state index contributed by atoms with van der Waals surface area (Å²) in [4.78, 5) is 0. The van der Waals surface area contributed by atoms with Crippen molar-refractivity contribution in [3.63, 3.8) is 0 Å². The van der Waals surface area contributed by atoms with Crippen molar-refractivity contribution < 1.29 is 4.39 Å². The van der Waals surface area contributed by atoms with Crippen LogP contribution in [0.15, 0.2) is 42.5 Å². The maximum absolute atomic E-state index is 13.1. The van der Waals surface area contributed by atoms with Crippen molar-refractivity contribution >= 4 is 39.2 Å². The lowest BCUT2D eigenvalue weighted by Gasteiger charge is -2.11. The fourth-order valence-corrected chi connectivity index (χ4v) is 3.37. The van der Waals surface area contributed by atoms with Gasteiger partial charge in [-0.15, -0.1) is 0 Å². The van der Waals surface area contributed by atoms with Gasteiger partial charge in [-0.2, -0.15) is 0 Å². The minimum Gasteiger partial charge on any atom is -0.379 e. The number of nitrogens with zero attached hydrogens (tertiary/aromatic N) is 1. The molecule has 0 radical (unpaired) electrons. The van der Waals surface area contributed by atoms with Gasteiger partial charge in [-0.1, -0.05) is 18.2 Å². The number of halogens is 2. The number of benzene rings is 2. The summed E-state index contributed by atoms with van der Waals surface area (Å²) in [7, 11) is 2.09. The van der Waals surface area contributed by atoms with E-state index in [9.17, 15) is 4.39 Å². The third-order valence-corrected chi connectivity index (χ3v) is 4.78. The van der Waals surface area contributed by atoms with Gasteiger partial charge in [0.1, 0.15) is 5.82 Å². The van der Waals surface area contributed by atoms with Gasteiger partial charge in [0, 0.05) is 32.9 Å². The molecule has 1 N–H and O–H groups in total. The minimum absolute atomic E-state index is 0.203. The van der Waals surface area contributed by atoms with Gasteiger partial charge in [-0.25, -0.2) is 4.39 Å². The van der Waals surface area contributed by atoms with Gasteiger partial charge >= 0.3 is 0 Å². The lowest BCUT2D eigenvalue weighted by Crippen LogP contribution is -2.06. The maximum atomic E-state index is 13.1. The molecule has 2 aromatic carbocycles. The van der Waals surface area contributed by atoms with E-state index in [0.29, 0.717) is 0 Å². The highest BCUT2D eigenvalue weighted by Crippen LogP contribution is 2.26. The number of nitrogens with one attached hydrogen (secondary N) is 1. The Labute approximate surface area is 137 Å². The average molecular weight is 394 g/mol. The molecule has 0 aliphatic heterocycles. The second-order valence-electron chi connectivity index (χ2n) is 5.13. The topological polar surface area (TPSA) is 17.0 Å². The lowest BCUT2D eigenvalue weighted by atomic mass is 10.1. The molecule has 1 aromatic heterocycles. The van der Waals surface area contributed by atoms with Crippen LogP contribution in [0.4, 0.5) is 10.1 Å². The summed E-state index contributed by atoms with van der Waals surface area (Å²) >= 11 is 2.15. The number of aromatic nitrogens is 1. The van der Waals surface area contributed by atoms with Crippen LogP contribution in [0.3, 0.4) is 0 Å². The number of rotatable bonds is 3. The average Bonchev–Trinajstić information content (AvgIpc) is 2.71. The summed E-state index contributed by atoms with van der Waals surface area (Å²) in [5.74, 6) is -0.203. The van der Waals surface area contributed by atoms with Crippen LogP contribution in [0.1, 0.15) is 11.3 Å². The molecule has 1 heterocycles. The van der Waals surface area contributed by atoms with Crippen molar-refractivity contribution in [2.24, 2.45) is 7.05 Å². The fraction of sp³-hybridized carbons (Fsp3) is 0.176. The summed E-state index contributed by atoms with van der Waals surface area (Å²) in [6.07, 6.45) is 0. The van der Waals surface area contributed by atoms with Crippen molar-refractivity contribution in [2.45, 2.75) is 13.5 Å². The first-order valence-electron chi connectivity index (χ1n) is 6.79. The summed E-state index contributed by atoms with van der Waals surface area (Å²) < 4.78 is 16.3. The first kappa shape index (κ1) is 14.4. The Balaban J connectivity index is 1.92. The third kappa shape index (κ3) is 2.64. The van der Waals surface area contributed by atoms with Crippen LogP contribution in [0.25, 0.3) is 10.9 Å². The third-order valence-electron chi connectivity index (χ3n) is 3.88. The SMILES string of the molecule is Cc1c(CNc2ccc(F)cc2I)n(C)c2ccccc12. The van der Waals surface area contributed by atoms with Crippen molar-refractivity contribution in [1.82, 2.24) is 4.57 Å². The van der Waals surface area contributed by atoms with Crippen LogP contribution in [-0.2, 0) is 13.6 Å². The molecule has 3 rings (SSSR count). The highest BCUT2D eigenvalue weighted by Gasteiger charge is 2.11. The molecule has 108 valence electrons.